The van der Waals surface area contributed by atoms with Gasteiger partial charge in [0.25, 0.3) is 0 Å². The van der Waals surface area contributed by atoms with Crippen molar-refractivity contribution in [3.8, 4) is 0 Å². The van der Waals surface area contributed by atoms with Gasteiger partial charge in [-0.25, -0.2) is 0 Å². The predicted octanol–water partition coefficient (Wildman–Crippen LogP) is 3.12. The molecule has 13 heavy (non-hydrogen) atoms. The minimum atomic E-state index is -0.237. The Hall–Kier alpha value is -0.0000000000000000555. The molecule has 0 heterocycles. The lowest BCUT2D eigenvalue weighted by Gasteiger charge is -2.03. The number of benzene rings is 1. The zero-order valence-electron chi connectivity index (χ0n) is 6.48. The van der Waals surface area contributed by atoms with Crippen LogP contribution in [0.25, 0.3) is 0 Å². The van der Waals surface area contributed by atoms with E-state index < -0.39 is 0 Å². The topological polar surface area (TPSA) is 29.1 Å². The minimum Gasteiger partial charge on any atom is -0.325 e. The highest BCUT2D eigenvalue weighted by molar-refractivity contribution is 14.1. The van der Waals surface area contributed by atoms with Crippen molar-refractivity contribution in [2.75, 3.05) is 11.2 Å². The Labute approximate surface area is 99.7 Å². The molecule has 70 valence electrons. The summed E-state index contributed by atoms with van der Waals surface area (Å²) in [6.45, 7) is 0. The van der Waals surface area contributed by atoms with E-state index in [2.05, 4.69) is 27.9 Å². The van der Waals surface area contributed by atoms with Crippen LogP contribution in [-0.2, 0) is 4.79 Å². The predicted molar refractivity (Wildman–Crippen MR) is 63.5 cm³/mol. The van der Waals surface area contributed by atoms with Crippen molar-refractivity contribution in [2.45, 2.75) is 0 Å². The molecule has 0 spiro atoms. The first-order valence-electron chi connectivity index (χ1n) is 3.44. The van der Waals surface area contributed by atoms with E-state index in [9.17, 15) is 4.79 Å². The van der Waals surface area contributed by atoms with Gasteiger partial charge >= 0.3 is 0 Å². The minimum absolute atomic E-state index is 0.0520. The zero-order valence-corrected chi connectivity index (χ0v) is 10.2. The summed E-state index contributed by atoms with van der Waals surface area (Å²) in [5, 5.41) is 3.22. The van der Waals surface area contributed by atoms with E-state index >= 15 is 0 Å². The van der Waals surface area contributed by atoms with Crippen molar-refractivity contribution in [2.24, 2.45) is 0 Å². The van der Waals surface area contributed by atoms with Gasteiger partial charge < -0.3 is 5.32 Å². The summed E-state index contributed by atoms with van der Waals surface area (Å²) in [5.74, 6) is -0.289. The molecule has 1 N–H and O–H groups in total. The lowest BCUT2D eigenvalue weighted by molar-refractivity contribution is -0.113. The molecule has 0 atom stereocenters. The molecule has 0 unspecified atom stereocenters. The third-order valence-corrected chi connectivity index (χ3v) is 3.14. The van der Waals surface area contributed by atoms with E-state index in [1.54, 1.807) is 12.1 Å². The van der Waals surface area contributed by atoms with Crippen LogP contribution >= 0.6 is 45.8 Å². The monoisotopic (exact) mass is 329 g/mol. The van der Waals surface area contributed by atoms with E-state index in [4.69, 9.17) is 23.2 Å². The van der Waals surface area contributed by atoms with Gasteiger partial charge in [-0.05, 0) is 40.8 Å². The summed E-state index contributed by atoms with van der Waals surface area (Å²) in [6.07, 6.45) is 0. The van der Waals surface area contributed by atoms with Crippen molar-refractivity contribution in [1.29, 1.82) is 0 Å². The Balaban J connectivity index is 2.79. The van der Waals surface area contributed by atoms with E-state index in [1.807, 2.05) is 6.07 Å². The number of carbonyl (C=O) groups excluding carboxylic acids is 1. The number of rotatable bonds is 2. The molecular weight excluding hydrogens is 324 g/mol. The number of amides is 1. The van der Waals surface area contributed by atoms with Crippen LogP contribution in [0.1, 0.15) is 0 Å². The van der Waals surface area contributed by atoms with E-state index in [-0.39, 0.29) is 11.8 Å². The van der Waals surface area contributed by atoms with Crippen LogP contribution < -0.4 is 5.32 Å². The normalized spacial score (nSPS) is 9.77. The van der Waals surface area contributed by atoms with Crippen LogP contribution in [0.4, 0.5) is 5.69 Å². The summed E-state index contributed by atoms with van der Waals surface area (Å²) >= 11 is 13.3. The third-order valence-electron chi connectivity index (χ3n) is 1.32. The van der Waals surface area contributed by atoms with Crippen molar-refractivity contribution >= 4 is 57.4 Å². The molecule has 1 amide bonds. The molecule has 2 nitrogen and oxygen atoms in total. The number of alkyl halides is 1. The van der Waals surface area contributed by atoms with Gasteiger partial charge in [-0.3, -0.25) is 4.79 Å². The third kappa shape index (κ3) is 3.32. The fourth-order valence-electron chi connectivity index (χ4n) is 0.768. The first kappa shape index (κ1) is 11.1. The molecule has 0 aliphatic heterocycles. The number of hydrogen-bond donors (Lipinski definition) is 1. The van der Waals surface area contributed by atoms with E-state index in [0.29, 0.717) is 10.7 Å². The number of nitrogens with one attached hydrogen (secondary N) is 1. The molecule has 0 bridgehead atoms. The molecule has 0 aliphatic carbocycles. The number of carbonyl (C=O) groups is 1. The number of hydrogen-bond acceptors (Lipinski definition) is 1. The van der Waals surface area contributed by atoms with Crippen LogP contribution in [0.3, 0.4) is 0 Å². The molecule has 5 heteroatoms. The smallest absolute Gasteiger partial charge is 0.239 e. The summed E-state index contributed by atoms with van der Waals surface area (Å²) in [7, 11) is 0. The standard InChI is InChI=1S/C8H6Cl2INO/c9-4-8(13)12-5-1-2-7(11)6(10)3-5/h1-3H,4H2,(H,12,13). The largest absolute Gasteiger partial charge is 0.325 e. The van der Waals surface area contributed by atoms with E-state index in [1.165, 1.54) is 0 Å². The van der Waals surface area contributed by atoms with Crippen LogP contribution in [-0.4, -0.2) is 11.8 Å². The molecular formula is C8H6Cl2INO. The second-order valence-corrected chi connectivity index (χ2v) is 4.15. The number of halogens is 3. The van der Waals surface area contributed by atoms with Gasteiger partial charge in [0, 0.05) is 9.26 Å². The molecule has 0 radical (unpaired) electrons. The molecule has 1 aromatic rings. The molecule has 0 aromatic heterocycles. The highest BCUT2D eigenvalue weighted by Crippen LogP contribution is 2.22. The molecule has 1 aromatic carbocycles. The van der Waals surface area contributed by atoms with Crippen molar-refractivity contribution < 1.29 is 4.79 Å². The zero-order chi connectivity index (χ0) is 9.84. The fourth-order valence-corrected chi connectivity index (χ4v) is 1.35. The van der Waals surface area contributed by atoms with Crippen molar-refractivity contribution in [1.82, 2.24) is 0 Å². The van der Waals surface area contributed by atoms with Crippen molar-refractivity contribution in [3.05, 3.63) is 26.8 Å². The summed E-state index contributed by atoms with van der Waals surface area (Å²) in [4.78, 5) is 10.9. The lowest BCUT2D eigenvalue weighted by Crippen LogP contribution is -2.12. The van der Waals surface area contributed by atoms with Gasteiger partial charge in [-0.15, -0.1) is 11.6 Å². The van der Waals surface area contributed by atoms with Gasteiger partial charge in [0.1, 0.15) is 5.88 Å². The van der Waals surface area contributed by atoms with Crippen LogP contribution in [0.15, 0.2) is 18.2 Å². The van der Waals surface area contributed by atoms with Gasteiger partial charge in [-0.1, -0.05) is 11.6 Å². The first-order chi connectivity index (χ1) is 6.13. The quantitative estimate of drug-likeness (QED) is 0.655. The Morgan fingerprint density at radius 2 is 2.23 bits per heavy atom. The highest BCUT2D eigenvalue weighted by Gasteiger charge is 2.02. The summed E-state index contributed by atoms with van der Waals surface area (Å²) in [6, 6.07) is 5.29. The number of anilines is 1. The molecule has 0 aliphatic rings. The van der Waals surface area contributed by atoms with Crippen LogP contribution in [0, 0.1) is 3.57 Å². The Morgan fingerprint density at radius 3 is 2.77 bits per heavy atom. The maximum Gasteiger partial charge on any atom is 0.239 e. The second-order valence-electron chi connectivity index (χ2n) is 2.31. The molecule has 0 saturated carbocycles. The Bertz CT molecular complexity index is 330. The molecule has 0 saturated heterocycles. The van der Waals surface area contributed by atoms with Crippen molar-refractivity contribution in [3.63, 3.8) is 0 Å². The summed E-state index contributed by atoms with van der Waals surface area (Å²) < 4.78 is 0.947. The SMILES string of the molecule is O=C(CCl)Nc1ccc(I)c(Cl)c1. The van der Waals surface area contributed by atoms with Gasteiger partial charge in [-0.2, -0.15) is 0 Å². The Morgan fingerprint density at radius 1 is 1.54 bits per heavy atom. The summed E-state index contributed by atoms with van der Waals surface area (Å²) in [5.41, 5.74) is 0.663. The lowest BCUT2D eigenvalue weighted by atomic mass is 10.3. The fraction of sp³-hybridized carbons (Fsp3) is 0.125. The highest BCUT2D eigenvalue weighted by atomic mass is 127. The maximum atomic E-state index is 10.9. The average Bonchev–Trinajstić information content (AvgIpc) is 2.11. The van der Waals surface area contributed by atoms with E-state index in [0.717, 1.165) is 3.57 Å². The van der Waals surface area contributed by atoms with Crippen LogP contribution in [0.5, 0.6) is 0 Å². The van der Waals surface area contributed by atoms with Gasteiger partial charge in [0.2, 0.25) is 5.91 Å². The maximum absolute atomic E-state index is 10.9. The average molecular weight is 330 g/mol. The van der Waals surface area contributed by atoms with Crippen LogP contribution in [0.2, 0.25) is 5.02 Å². The van der Waals surface area contributed by atoms with Gasteiger partial charge in [0.15, 0.2) is 0 Å². The Kier molecular flexibility index (Phi) is 4.28. The second kappa shape index (κ2) is 5.02. The molecule has 1 rings (SSSR count). The van der Waals surface area contributed by atoms with Gasteiger partial charge in [0.05, 0.1) is 5.02 Å². The first-order valence-corrected chi connectivity index (χ1v) is 5.43. The molecule has 0 fully saturated rings.